The van der Waals surface area contributed by atoms with E-state index in [0.717, 1.165) is 18.9 Å². The molecule has 0 saturated heterocycles. The monoisotopic (exact) mass is 215 g/mol. The average molecular weight is 215 g/mol. The molecule has 0 saturated carbocycles. The zero-order valence-corrected chi connectivity index (χ0v) is 9.77. The van der Waals surface area contributed by atoms with E-state index < -0.39 is 0 Å². The van der Waals surface area contributed by atoms with Crippen LogP contribution in [0, 0.1) is 6.92 Å². The summed E-state index contributed by atoms with van der Waals surface area (Å²) in [5.74, 6) is 1.05. The summed E-state index contributed by atoms with van der Waals surface area (Å²) in [5.41, 5.74) is 2.52. The van der Waals surface area contributed by atoms with Gasteiger partial charge in [0.15, 0.2) is 0 Å². The topological polar surface area (TPSA) is 29.9 Å². The second-order valence-electron chi connectivity index (χ2n) is 3.94. The van der Waals surface area contributed by atoms with Crippen molar-refractivity contribution in [2.45, 2.75) is 20.0 Å². The van der Waals surface area contributed by atoms with E-state index in [1.165, 1.54) is 11.3 Å². The summed E-state index contributed by atoms with van der Waals surface area (Å²) in [4.78, 5) is 4.26. The van der Waals surface area contributed by atoms with Gasteiger partial charge in [0.25, 0.3) is 0 Å². The summed E-state index contributed by atoms with van der Waals surface area (Å²) in [5, 5.41) is 3.41. The number of rotatable bonds is 4. The lowest BCUT2D eigenvalue weighted by molar-refractivity contribution is 0.650. The SMILES string of the molecule is Cc1ncc(CNCc2ccccc2)n1C. The molecule has 0 spiro atoms. The number of nitrogens with one attached hydrogen (secondary N) is 1. The van der Waals surface area contributed by atoms with Crippen molar-refractivity contribution in [3.63, 3.8) is 0 Å². The van der Waals surface area contributed by atoms with Crippen LogP contribution in [0.5, 0.6) is 0 Å². The highest BCUT2D eigenvalue weighted by molar-refractivity contribution is 5.14. The van der Waals surface area contributed by atoms with Crippen LogP contribution in [0.1, 0.15) is 17.1 Å². The van der Waals surface area contributed by atoms with Gasteiger partial charge in [0, 0.05) is 26.3 Å². The molecular weight excluding hydrogens is 198 g/mol. The van der Waals surface area contributed by atoms with Gasteiger partial charge in [-0.25, -0.2) is 4.98 Å². The molecule has 84 valence electrons. The van der Waals surface area contributed by atoms with Crippen LogP contribution < -0.4 is 5.32 Å². The van der Waals surface area contributed by atoms with Gasteiger partial charge in [0.1, 0.15) is 5.82 Å². The number of imidazole rings is 1. The van der Waals surface area contributed by atoms with Crippen molar-refractivity contribution in [3.05, 3.63) is 53.6 Å². The van der Waals surface area contributed by atoms with Gasteiger partial charge >= 0.3 is 0 Å². The molecule has 3 nitrogen and oxygen atoms in total. The van der Waals surface area contributed by atoms with Crippen molar-refractivity contribution in [2.24, 2.45) is 7.05 Å². The number of benzene rings is 1. The quantitative estimate of drug-likeness (QED) is 0.845. The minimum Gasteiger partial charge on any atom is -0.334 e. The van der Waals surface area contributed by atoms with Crippen LogP contribution in [-0.4, -0.2) is 9.55 Å². The van der Waals surface area contributed by atoms with Crippen molar-refractivity contribution >= 4 is 0 Å². The van der Waals surface area contributed by atoms with Gasteiger partial charge in [-0.05, 0) is 12.5 Å². The summed E-state index contributed by atoms with van der Waals surface area (Å²) in [6.07, 6.45) is 1.92. The van der Waals surface area contributed by atoms with E-state index in [2.05, 4.69) is 39.1 Å². The Morgan fingerprint density at radius 3 is 2.56 bits per heavy atom. The fraction of sp³-hybridized carbons (Fsp3) is 0.308. The maximum atomic E-state index is 4.26. The molecule has 2 aromatic rings. The highest BCUT2D eigenvalue weighted by Crippen LogP contribution is 2.02. The van der Waals surface area contributed by atoms with Crippen LogP contribution >= 0.6 is 0 Å². The fourth-order valence-corrected chi connectivity index (χ4v) is 1.64. The summed E-state index contributed by atoms with van der Waals surface area (Å²) >= 11 is 0. The Balaban J connectivity index is 1.87. The number of nitrogens with zero attached hydrogens (tertiary/aromatic N) is 2. The van der Waals surface area contributed by atoms with Gasteiger partial charge in [-0.2, -0.15) is 0 Å². The number of hydrogen-bond donors (Lipinski definition) is 1. The van der Waals surface area contributed by atoms with E-state index in [0.29, 0.717) is 0 Å². The maximum Gasteiger partial charge on any atom is 0.105 e. The van der Waals surface area contributed by atoms with E-state index >= 15 is 0 Å². The molecule has 0 unspecified atom stereocenters. The first-order valence-electron chi connectivity index (χ1n) is 5.49. The van der Waals surface area contributed by atoms with Crippen LogP contribution in [0.3, 0.4) is 0 Å². The van der Waals surface area contributed by atoms with Crippen molar-refractivity contribution in [2.75, 3.05) is 0 Å². The Hall–Kier alpha value is -1.61. The Labute approximate surface area is 96.1 Å². The molecule has 0 bridgehead atoms. The first kappa shape index (κ1) is 10.9. The second kappa shape index (κ2) is 4.94. The van der Waals surface area contributed by atoms with E-state index in [1.54, 1.807) is 0 Å². The molecule has 2 rings (SSSR count). The summed E-state index contributed by atoms with van der Waals surface area (Å²) in [6.45, 7) is 3.76. The van der Waals surface area contributed by atoms with Gasteiger partial charge < -0.3 is 9.88 Å². The van der Waals surface area contributed by atoms with Crippen molar-refractivity contribution in [3.8, 4) is 0 Å². The summed E-state index contributed by atoms with van der Waals surface area (Å²) in [6, 6.07) is 10.4. The van der Waals surface area contributed by atoms with Crippen LogP contribution in [-0.2, 0) is 20.1 Å². The third kappa shape index (κ3) is 2.49. The Morgan fingerprint density at radius 2 is 1.94 bits per heavy atom. The van der Waals surface area contributed by atoms with E-state index in [4.69, 9.17) is 0 Å². The maximum absolute atomic E-state index is 4.26. The van der Waals surface area contributed by atoms with Crippen molar-refractivity contribution < 1.29 is 0 Å². The molecule has 0 aliphatic carbocycles. The number of aromatic nitrogens is 2. The fourth-order valence-electron chi connectivity index (χ4n) is 1.64. The third-order valence-corrected chi connectivity index (χ3v) is 2.79. The predicted octanol–water partition coefficient (Wildman–Crippen LogP) is 2.02. The molecule has 0 aliphatic heterocycles. The lowest BCUT2D eigenvalue weighted by Crippen LogP contribution is -2.15. The Morgan fingerprint density at radius 1 is 1.19 bits per heavy atom. The molecule has 1 aromatic carbocycles. The third-order valence-electron chi connectivity index (χ3n) is 2.79. The molecule has 1 aromatic heterocycles. The molecular formula is C13H17N3. The number of hydrogen-bond acceptors (Lipinski definition) is 2. The first-order chi connectivity index (χ1) is 7.77. The minimum atomic E-state index is 0.853. The average Bonchev–Trinajstić information content (AvgIpc) is 2.62. The highest BCUT2D eigenvalue weighted by atomic mass is 15.1. The standard InChI is InChI=1S/C13H17N3/c1-11-15-10-13(16(11)2)9-14-8-12-6-4-3-5-7-12/h3-7,10,14H,8-9H2,1-2H3. The first-order valence-corrected chi connectivity index (χ1v) is 5.49. The van der Waals surface area contributed by atoms with Gasteiger partial charge in [0.05, 0.1) is 5.69 Å². The molecule has 1 N–H and O–H groups in total. The van der Waals surface area contributed by atoms with E-state index in [1.807, 2.05) is 26.2 Å². The molecule has 0 aliphatic rings. The molecule has 0 atom stereocenters. The molecule has 0 fully saturated rings. The zero-order chi connectivity index (χ0) is 11.4. The largest absolute Gasteiger partial charge is 0.334 e. The van der Waals surface area contributed by atoms with Gasteiger partial charge in [-0.15, -0.1) is 0 Å². The van der Waals surface area contributed by atoms with Crippen LogP contribution in [0.4, 0.5) is 0 Å². The van der Waals surface area contributed by atoms with Crippen molar-refractivity contribution in [1.82, 2.24) is 14.9 Å². The molecule has 3 heteroatoms. The van der Waals surface area contributed by atoms with E-state index in [-0.39, 0.29) is 0 Å². The minimum absolute atomic E-state index is 0.853. The van der Waals surface area contributed by atoms with Crippen LogP contribution in [0.25, 0.3) is 0 Å². The molecule has 16 heavy (non-hydrogen) atoms. The van der Waals surface area contributed by atoms with Gasteiger partial charge in [0.2, 0.25) is 0 Å². The Bertz CT molecular complexity index is 445. The Kier molecular flexibility index (Phi) is 3.37. The predicted molar refractivity (Wildman–Crippen MR) is 64.9 cm³/mol. The van der Waals surface area contributed by atoms with E-state index in [9.17, 15) is 0 Å². The summed E-state index contributed by atoms with van der Waals surface area (Å²) < 4.78 is 2.11. The van der Waals surface area contributed by atoms with Gasteiger partial charge in [-0.3, -0.25) is 0 Å². The summed E-state index contributed by atoms with van der Waals surface area (Å²) in [7, 11) is 2.04. The molecule has 0 radical (unpaired) electrons. The molecule has 0 amide bonds. The van der Waals surface area contributed by atoms with Crippen molar-refractivity contribution in [1.29, 1.82) is 0 Å². The second-order valence-corrected chi connectivity index (χ2v) is 3.94. The lowest BCUT2D eigenvalue weighted by Gasteiger charge is -2.06. The van der Waals surface area contributed by atoms with Crippen LogP contribution in [0.15, 0.2) is 36.5 Å². The smallest absolute Gasteiger partial charge is 0.105 e. The lowest BCUT2D eigenvalue weighted by atomic mass is 10.2. The normalized spacial score (nSPS) is 10.6. The highest BCUT2D eigenvalue weighted by Gasteiger charge is 2.01. The zero-order valence-electron chi connectivity index (χ0n) is 9.77. The molecule has 1 heterocycles. The van der Waals surface area contributed by atoms with Crippen LogP contribution in [0.2, 0.25) is 0 Å². The van der Waals surface area contributed by atoms with Gasteiger partial charge in [-0.1, -0.05) is 30.3 Å². The number of aryl methyl sites for hydroxylation is 1.